The molecule has 1 aromatic rings. The van der Waals surface area contributed by atoms with Crippen LogP contribution in [-0.2, 0) is 9.59 Å². The third-order valence-electron chi connectivity index (χ3n) is 3.13. The van der Waals surface area contributed by atoms with Crippen LogP contribution in [0.3, 0.4) is 0 Å². The molecule has 0 radical (unpaired) electrons. The third kappa shape index (κ3) is 5.12. The van der Waals surface area contributed by atoms with Crippen molar-refractivity contribution in [2.24, 2.45) is 11.8 Å². The second-order valence-corrected chi connectivity index (χ2v) is 5.14. The quantitative estimate of drug-likeness (QED) is 0.829. The molecule has 0 aliphatic heterocycles. The number of amides is 1. The number of aryl methyl sites for hydroxylation is 1. The summed E-state index contributed by atoms with van der Waals surface area (Å²) in [6.45, 7) is 5.85. The van der Waals surface area contributed by atoms with E-state index >= 15 is 0 Å². The number of anilines is 1. The van der Waals surface area contributed by atoms with E-state index in [1.54, 1.807) is 0 Å². The normalized spacial score (nSPS) is 12.2. The number of carbonyl (C=O) groups excluding carboxylic acids is 1. The molecule has 1 atom stereocenters. The first-order valence-electron chi connectivity index (χ1n) is 6.49. The maximum Gasteiger partial charge on any atom is 0.303 e. The van der Waals surface area contributed by atoms with Gasteiger partial charge in [-0.1, -0.05) is 31.5 Å². The molecular weight excluding hydrogens is 242 g/mol. The molecule has 104 valence electrons. The predicted octanol–water partition coefficient (Wildman–Crippen LogP) is 3.07. The number of hydrogen-bond acceptors (Lipinski definition) is 2. The van der Waals surface area contributed by atoms with Gasteiger partial charge in [-0.25, -0.2) is 0 Å². The van der Waals surface area contributed by atoms with Crippen molar-refractivity contribution in [2.75, 3.05) is 5.32 Å². The fraction of sp³-hybridized carbons (Fsp3) is 0.467. The highest BCUT2D eigenvalue weighted by atomic mass is 16.4. The van der Waals surface area contributed by atoms with Crippen LogP contribution in [0.4, 0.5) is 5.69 Å². The van der Waals surface area contributed by atoms with Gasteiger partial charge < -0.3 is 10.4 Å². The Hall–Kier alpha value is -1.84. The van der Waals surface area contributed by atoms with Gasteiger partial charge in [-0.2, -0.15) is 0 Å². The smallest absolute Gasteiger partial charge is 0.303 e. The van der Waals surface area contributed by atoms with Gasteiger partial charge in [0.05, 0.1) is 0 Å². The Bertz CT molecular complexity index is 437. The molecule has 4 heteroatoms. The van der Waals surface area contributed by atoms with Crippen LogP contribution in [0.15, 0.2) is 24.3 Å². The fourth-order valence-electron chi connectivity index (χ4n) is 1.92. The lowest BCUT2D eigenvalue weighted by atomic mass is 9.90. The number of benzene rings is 1. The highest BCUT2D eigenvalue weighted by Gasteiger charge is 2.22. The lowest BCUT2D eigenvalue weighted by Gasteiger charge is -2.19. The molecule has 0 spiro atoms. The summed E-state index contributed by atoms with van der Waals surface area (Å²) >= 11 is 0. The van der Waals surface area contributed by atoms with E-state index < -0.39 is 5.97 Å². The second-order valence-electron chi connectivity index (χ2n) is 5.14. The van der Waals surface area contributed by atoms with Crippen molar-refractivity contribution in [3.05, 3.63) is 29.8 Å². The largest absolute Gasteiger partial charge is 0.481 e. The zero-order valence-electron chi connectivity index (χ0n) is 11.6. The molecule has 0 aliphatic carbocycles. The number of rotatable bonds is 6. The van der Waals surface area contributed by atoms with Gasteiger partial charge in [-0.15, -0.1) is 0 Å². The predicted molar refractivity (Wildman–Crippen MR) is 75.0 cm³/mol. The van der Waals surface area contributed by atoms with Crippen LogP contribution >= 0.6 is 0 Å². The minimum Gasteiger partial charge on any atom is -0.481 e. The van der Waals surface area contributed by atoms with Crippen molar-refractivity contribution in [2.45, 2.75) is 33.6 Å². The second kappa shape index (κ2) is 6.92. The third-order valence-corrected chi connectivity index (χ3v) is 3.13. The summed E-state index contributed by atoms with van der Waals surface area (Å²) in [6, 6.07) is 7.55. The summed E-state index contributed by atoms with van der Waals surface area (Å²) in [7, 11) is 0. The average molecular weight is 263 g/mol. The maximum absolute atomic E-state index is 12.1. The van der Waals surface area contributed by atoms with E-state index in [0.717, 1.165) is 11.3 Å². The van der Waals surface area contributed by atoms with E-state index in [4.69, 9.17) is 5.11 Å². The Kier molecular flexibility index (Phi) is 5.55. The van der Waals surface area contributed by atoms with Crippen molar-refractivity contribution in [1.82, 2.24) is 0 Å². The minimum atomic E-state index is -0.867. The molecule has 2 N–H and O–H groups in total. The SMILES string of the molecule is Cc1ccc(NC(=O)C(CCC(=O)O)C(C)C)cc1. The zero-order chi connectivity index (χ0) is 14.4. The molecule has 1 unspecified atom stereocenters. The molecule has 0 saturated carbocycles. The minimum absolute atomic E-state index is 0.0180. The van der Waals surface area contributed by atoms with E-state index in [0.29, 0.717) is 6.42 Å². The van der Waals surface area contributed by atoms with Gasteiger partial charge >= 0.3 is 5.97 Å². The summed E-state index contributed by atoms with van der Waals surface area (Å²) in [6.07, 6.45) is 0.384. The highest BCUT2D eigenvalue weighted by Crippen LogP contribution is 2.20. The van der Waals surface area contributed by atoms with Crippen molar-refractivity contribution in [1.29, 1.82) is 0 Å². The molecular formula is C15H21NO3. The van der Waals surface area contributed by atoms with Crippen LogP contribution in [0.2, 0.25) is 0 Å². The molecule has 1 rings (SSSR count). The average Bonchev–Trinajstić information content (AvgIpc) is 2.31. The molecule has 0 aromatic heterocycles. The van der Waals surface area contributed by atoms with Crippen LogP contribution in [0, 0.1) is 18.8 Å². The van der Waals surface area contributed by atoms with Gasteiger partial charge in [0, 0.05) is 18.0 Å². The Labute approximate surface area is 113 Å². The van der Waals surface area contributed by atoms with E-state index in [-0.39, 0.29) is 24.2 Å². The molecule has 0 bridgehead atoms. The molecule has 19 heavy (non-hydrogen) atoms. The van der Waals surface area contributed by atoms with Gasteiger partial charge in [0.15, 0.2) is 0 Å². The standard InChI is InChI=1S/C15H21NO3/c1-10(2)13(8-9-14(17)18)15(19)16-12-6-4-11(3)5-7-12/h4-7,10,13H,8-9H2,1-3H3,(H,16,19)(H,17,18). The van der Waals surface area contributed by atoms with Crippen LogP contribution in [-0.4, -0.2) is 17.0 Å². The molecule has 4 nitrogen and oxygen atoms in total. The monoisotopic (exact) mass is 263 g/mol. The van der Waals surface area contributed by atoms with Gasteiger partial charge in [-0.05, 0) is 31.4 Å². The van der Waals surface area contributed by atoms with Gasteiger partial charge in [-0.3, -0.25) is 9.59 Å². The molecule has 0 fully saturated rings. The zero-order valence-corrected chi connectivity index (χ0v) is 11.6. The highest BCUT2D eigenvalue weighted by molar-refractivity contribution is 5.92. The Morgan fingerprint density at radius 2 is 1.79 bits per heavy atom. The summed E-state index contributed by atoms with van der Waals surface area (Å²) in [5, 5.41) is 11.6. The number of carboxylic acid groups (broad SMARTS) is 1. The Morgan fingerprint density at radius 1 is 1.21 bits per heavy atom. The number of carboxylic acids is 1. The first kappa shape index (κ1) is 15.2. The van der Waals surface area contributed by atoms with Crippen molar-refractivity contribution >= 4 is 17.6 Å². The van der Waals surface area contributed by atoms with Crippen molar-refractivity contribution in [3.63, 3.8) is 0 Å². The Morgan fingerprint density at radius 3 is 2.26 bits per heavy atom. The van der Waals surface area contributed by atoms with Crippen LogP contribution in [0.25, 0.3) is 0 Å². The first-order valence-corrected chi connectivity index (χ1v) is 6.49. The molecule has 0 heterocycles. The summed E-state index contributed by atoms with van der Waals surface area (Å²) in [5.41, 5.74) is 1.88. The maximum atomic E-state index is 12.1. The number of nitrogens with one attached hydrogen (secondary N) is 1. The van der Waals surface area contributed by atoms with E-state index in [1.807, 2.05) is 45.0 Å². The van der Waals surface area contributed by atoms with E-state index in [9.17, 15) is 9.59 Å². The lowest BCUT2D eigenvalue weighted by molar-refractivity contribution is -0.137. The van der Waals surface area contributed by atoms with Crippen LogP contribution in [0.1, 0.15) is 32.3 Å². The lowest BCUT2D eigenvalue weighted by Crippen LogP contribution is -2.27. The fourth-order valence-corrected chi connectivity index (χ4v) is 1.92. The van der Waals surface area contributed by atoms with Crippen molar-refractivity contribution in [3.8, 4) is 0 Å². The molecule has 1 amide bonds. The molecule has 0 aliphatic rings. The number of aliphatic carboxylic acids is 1. The summed E-state index contributed by atoms with van der Waals surface area (Å²) in [5.74, 6) is -1.14. The van der Waals surface area contributed by atoms with E-state index in [1.165, 1.54) is 0 Å². The van der Waals surface area contributed by atoms with Crippen LogP contribution in [0.5, 0.6) is 0 Å². The van der Waals surface area contributed by atoms with Gasteiger partial charge in [0.25, 0.3) is 0 Å². The van der Waals surface area contributed by atoms with E-state index in [2.05, 4.69) is 5.32 Å². The van der Waals surface area contributed by atoms with Gasteiger partial charge in [0.2, 0.25) is 5.91 Å². The van der Waals surface area contributed by atoms with Crippen molar-refractivity contribution < 1.29 is 14.7 Å². The van der Waals surface area contributed by atoms with Gasteiger partial charge in [0.1, 0.15) is 0 Å². The number of carbonyl (C=O) groups is 2. The Balaban J connectivity index is 2.66. The van der Waals surface area contributed by atoms with Crippen LogP contribution < -0.4 is 5.32 Å². The molecule has 0 saturated heterocycles. The first-order chi connectivity index (χ1) is 8.90. The topological polar surface area (TPSA) is 66.4 Å². The molecule has 1 aromatic carbocycles. The summed E-state index contributed by atoms with van der Waals surface area (Å²) in [4.78, 5) is 22.8. The summed E-state index contributed by atoms with van der Waals surface area (Å²) < 4.78 is 0. The number of hydrogen-bond donors (Lipinski definition) is 2.